The molecule has 0 fully saturated rings. The second kappa shape index (κ2) is 4.19. The Morgan fingerprint density at radius 3 is 2.71 bits per heavy atom. The van der Waals surface area contributed by atoms with Crippen LogP contribution in [0.25, 0.3) is 22.6 Å². The van der Waals surface area contributed by atoms with Crippen molar-refractivity contribution < 1.29 is 8.68 Å². The fraction of sp³-hybridized carbons (Fsp3) is 0.176. The number of benzene rings is 1. The number of fused-ring (bicyclic) bond motifs is 3. The number of hydrogen-bond donors (Lipinski definition) is 0. The molecule has 4 heteroatoms. The van der Waals surface area contributed by atoms with Crippen molar-refractivity contribution >= 4 is 16.8 Å². The van der Waals surface area contributed by atoms with E-state index in [2.05, 4.69) is 0 Å². The SMILES string of the molecule is [2H]C([2H])([2H])c1c(C)n(-c2cccc[n+]2C)c2nc3ccccc3n12. The van der Waals surface area contributed by atoms with Gasteiger partial charge in [0.1, 0.15) is 5.69 Å². The van der Waals surface area contributed by atoms with Crippen LogP contribution in [-0.2, 0) is 7.05 Å². The number of aryl methyl sites for hydroxylation is 2. The summed E-state index contributed by atoms with van der Waals surface area (Å²) in [5.74, 6) is 1.48. The summed E-state index contributed by atoms with van der Waals surface area (Å²) in [7, 11) is 1.93. The third kappa shape index (κ3) is 1.56. The summed E-state index contributed by atoms with van der Waals surface area (Å²) in [4.78, 5) is 4.69. The molecule has 3 aromatic heterocycles. The molecule has 0 bridgehead atoms. The quantitative estimate of drug-likeness (QED) is 0.492. The first-order valence-electron chi connectivity index (χ1n) is 8.33. The smallest absolute Gasteiger partial charge is 0.259 e. The first-order valence-corrected chi connectivity index (χ1v) is 6.83. The van der Waals surface area contributed by atoms with Crippen molar-refractivity contribution in [3.05, 3.63) is 60.0 Å². The zero-order valence-electron chi connectivity index (χ0n) is 14.9. The number of pyridine rings is 1. The van der Waals surface area contributed by atoms with Crippen LogP contribution in [0.2, 0.25) is 0 Å². The molecule has 0 amide bonds. The number of rotatable bonds is 1. The Morgan fingerprint density at radius 2 is 1.90 bits per heavy atom. The van der Waals surface area contributed by atoms with Crippen molar-refractivity contribution in [2.45, 2.75) is 13.8 Å². The molecule has 4 rings (SSSR count). The zero-order chi connectivity index (χ0) is 17.1. The molecule has 0 radical (unpaired) electrons. The summed E-state index contributed by atoms with van der Waals surface area (Å²) in [6, 6.07) is 13.4. The van der Waals surface area contributed by atoms with Gasteiger partial charge in [0, 0.05) is 10.2 Å². The third-order valence-corrected chi connectivity index (χ3v) is 3.90. The minimum Gasteiger partial charge on any atom is -0.259 e. The first-order chi connectivity index (χ1) is 11.4. The molecule has 0 saturated heterocycles. The molecular formula is C17H17N4+. The van der Waals surface area contributed by atoms with Crippen molar-refractivity contribution in [3.8, 4) is 5.82 Å². The molecule has 4 aromatic rings. The summed E-state index contributed by atoms with van der Waals surface area (Å²) in [6.07, 6.45) is 1.93. The second-order valence-corrected chi connectivity index (χ2v) is 5.18. The Balaban J connectivity index is 2.23. The predicted octanol–water partition coefficient (Wildman–Crippen LogP) is 2.72. The maximum atomic E-state index is 8.00. The van der Waals surface area contributed by atoms with E-state index >= 15 is 0 Å². The van der Waals surface area contributed by atoms with Gasteiger partial charge in [0.05, 0.1) is 30.0 Å². The number of nitrogens with zero attached hydrogens (tertiary/aromatic N) is 4. The van der Waals surface area contributed by atoms with Gasteiger partial charge in [-0.15, -0.1) is 0 Å². The van der Waals surface area contributed by atoms with Crippen LogP contribution in [0.1, 0.15) is 15.5 Å². The summed E-state index contributed by atoms with van der Waals surface area (Å²) in [6.45, 7) is -0.400. The first kappa shape index (κ1) is 9.34. The second-order valence-electron chi connectivity index (χ2n) is 5.18. The zero-order valence-corrected chi connectivity index (χ0v) is 11.9. The van der Waals surface area contributed by atoms with Crippen LogP contribution < -0.4 is 4.57 Å². The molecule has 0 unspecified atom stereocenters. The number of imidazole rings is 2. The largest absolute Gasteiger partial charge is 0.312 e. The lowest BCUT2D eigenvalue weighted by molar-refractivity contribution is -0.665. The predicted molar refractivity (Wildman–Crippen MR) is 82.7 cm³/mol. The van der Waals surface area contributed by atoms with E-state index in [1.807, 2.05) is 71.8 Å². The lowest BCUT2D eigenvalue weighted by Gasteiger charge is -2.01. The normalized spacial score (nSPS) is 14.3. The topological polar surface area (TPSA) is 26.1 Å². The van der Waals surface area contributed by atoms with E-state index in [0.717, 1.165) is 16.9 Å². The Labute approximate surface area is 127 Å². The molecule has 0 saturated carbocycles. The standard InChI is InChI=1S/C17H17N4/c1-12-13(2)21(16-10-6-7-11-19(16)3)17-18-14-8-4-5-9-15(14)20(12)17/h4-11H,1-3H3/q+1/i1D3. The van der Waals surface area contributed by atoms with E-state index in [1.165, 1.54) is 0 Å². The van der Waals surface area contributed by atoms with Gasteiger partial charge in [-0.05, 0) is 32.0 Å². The van der Waals surface area contributed by atoms with Gasteiger partial charge >= 0.3 is 5.78 Å². The van der Waals surface area contributed by atoms with Gasteiger partial charge in [-0.1, -0.05) is 18.2 Å². The molecule has 0 aliphatic heterocycles. The van der Waals surface area contributed by atoms with Gasteiger partial charge in [0.15, 0.2) is 0 Å². The molecule has 0 aliphatic rings. The van der Waals surface area contributed by atoms with Crippen molar-refractivity contribution in [2.24, 2.45) is 7.05 Å². The molecule has 0 N–H and O–H groups in total. The number of para-hydroxylation sites is 2. The minimum atomic E-state index is -2.23. The lowest BCUT2D eigenvalue weighted by atomic mass is 10.3. The summed E-state index contributed by atoms with van der Waals surface area (Å²) in [5, 5.41) is 0. The Bertz CT molecular complexity index is 1070. The van der Waals surface area contributed by atoms with E-state index in [9.17, 15) is 0 Å². The molecule has 0 atom stereocenters. The fourth-order valence-corrected chi connectivity index (χ4v) is 2.82. The molecule has 0 spiro atoms. The fourth-order valence-electron chi connectivity index (χ4n) is 2.82. The highest BCUT2D eigenvalue weighted by molar-refractivity contribution is 5.80. The van der Waals surface area contributed by atoms with E-state index in [4.69, 9.17) is 9.10 Å². The molecule has 104 valence electrons. The lowest BCUT2D eigenvalue weighted by Crippen LogP contribution is -2.33. The van der Waals surface area contributed by atoms with Gasteiger partial charge in [-0.3, -0.25) is 4.40 Å². The molecule has 3 heterocycles. The minimum absolute atomic E-state index is 0.301. The molecule has 21 heavy (non-hydrogen) atoms. The van der Waals surface area contributed by atoms with E-state index in [1.54, 1.807) is 4.40 Å². The van der Waals surface area contributed by atoms with Gasteiger partial charge in [0.2, 0.25) is 0 Å². The average molecular weight is 280 g/mol. The Hall–Kier alpha value is -2.62. The van der Waals surface area contributed by atoms with Crippen LogP contribution in [0.15, 0.2) is 48.7 Å². The third-order valence-electron chi connectivity index (χ3n) is 3.90. The van der Waals surface area contributed by atoms with Crippen molar-refractivity contribution in [2.75, 3.05) is 0 Å². The van der Waals surface area contributed by atoms with Crippen LogP contribution in [0.3, 0.4) is 0 Å². The van der Waals surface area contributed by atoms with Crippen LogP contribution in [0.4, 0.5) is 0 Å². The molecule has 0 aliphatic carbocycles. The van der Waals surface area contributed by atoms with Crippen LogP contribution in [0, 0.1) is 13.8 Å². The van der Waals surface area contributed by atoms with Crippen LogP contribution >= 0.6 is 0 Å². The van der Waals surface area contributed by atoms with Gasteiger partial charge < -0.3 is 0 Å². The molecule has 4 nitrogen and oxygen atoms in total. The van der Waals surface area contributed by atoms with Gasteiger partial charge in [-0.2, -0.15) is 9.55 Å². The summed E-state index contributed by atoms with van der Waals surface area (Å²) < 4.78 is 29.6. The molecule has 1 aromatic carbocycles. The maximum Gasteiger partial charge on any atom is 0.312 e. The highest BCUT2D eigenvalue weighted by atomic mass is 15.3. The molecular weight excluding hydrogens is 260 g/mol. The van der Waals surface area contributed by atoms with Crippen molar-refractivity contribution in [3.63, 3.8) is 0 Å². The van der Waals surface area contributed by atoms with Crippen molar-refractivity contribution in [1.82, 2.24) is 14.0 Å². The van der Waals surface area contributed by atoms with Crippen LogP contribution in [-0.4, -0.2) is 14.0 Å². The highest BCUT2D eigenvalue weighted by Gasteiger charge is 2.24. The van der Waals surface area contributed by atoms with E-state index in [0.29, 0.717) is 17.2 Å². The van der Waals surface area contributed by atoms with Crippen molar-refractivity contribution in [1.29, 1.82) is 0 Å². The Kier molecular flexibility index (Phi) is 1.86. The average Bonchev–Trinajstić information content (AvgIpc) is 3.01. The summed E-state index contributed by atoms with van der Waals surface area (Å²) in [5.41, 5.74) is 2.56. The van der Waals surface area contributed by atoms with E-state index in [-0.39, 0.29) is 0 Å². The van der Waals surface area contributed by atoms with Gasteiger partial charge in [-0.25, -0.2) is 4.57 Å². The van der Waals surface area contributed by atoms with E-state index < -0.39 is 6.85 Å². The highest BCUT2D eigenvalue weighted by Crippen LogP contribution is 2.24. The monoisotopic (exact) mass is 280 g/mol. The number of hydrogen-bond acceptors (Lipinski definition) is 1. The van der Waals surface area contributed by atoms with Gasteiger partial charge in [0.25, 0.3) is 5.82 Å². The summed E-state index contributed by atoms with van der Waals surface area (Å²) >= 11 is 0. The Morgan fingerprint density at radius 1 is 1.10 bits per heavy atom. The van der Waals surface area contributed by atoms with Crippen LogP contribution in [0.5, 0.6) is 0 Å². The maximum absolute atomic E-state index is 8.00. The number of aromatic nitrogens is 4.